The number of likely N-dealkylation sites (tertiary alicyclic amines) is 2. The van der Waals surface area contributed by atoms with Gasteiger partial charge in [0, 0.05) is 18.2 Å². The van der Waals surface area contributed by atoms with Crippen LogP contribution in [-0.4, -0.2) is 92.6 Å². The fourth-order valence-electron chi connectivity index (χ4n) is 10.0. The van der Waals surface area contributed by atoms with E-state index in [2.05, 4.69) is 81.3 Å². The van der Waals surface area contributed by atoms with Gasteiger partial charge < -0.3 is 39.9 Å². The van der Waals surface area contributed by atoms with Gasteiger partial charge in [0.05, 0.1) is 50.1 Å². The van der Waals surface area contributed by atoms with E-state index in [4.69, 9.17) is 19.4 Å². The summed E-state index contributed by atoms with van der Waals surface area (Å²) in [4.78, 5) is 72.3. The summed E-state index contributed by atoms with van der Waals surface area (Å²) < 4.78 is 9.60. The standard InChI is InChI=1S/C47H54N8O6/c1-6-35(52-45(58)60-4)43(56)54-25-47(17-18-47)22-38(54)41-48-24-37(50-41)32-14-13-30-19-29(11-12-31(30)20-32)27-7-9-28(10-8-27)36-23-49-42(51-36)40-33-15-16-34(21-33)55(40)44(57)39(26(2)3)53-46(59)61-5/h7-14,19-20,23-24,26,33-35,38-40H,6,15-18,21-22,25H2,1-5H3,(H,48,50)(H,49,51)(H,52,58)(H,53,59)/t33?,34?,35-,38-,39-,40?/m0/s1. The Morgan fingerprint density at radius 2 is 1.39 bits per heavy atom. The maximum absolute atomic E-state index is 14.0. The van der Waals surface area contributed by atoms with Gasteiger partial charge in [-0.1, -0.05) is 69.3 Å². The molecule has 4 fully saturated rings. The van der Waals surface area contributed by atoms with Crippen molar-refractivity contribution in [2.75, 3.05) is 20.8 Å². The first-order valence-corrected chi connectivity index (χ1v) is 21.5. The van der Waals surface area contributed by atoms with Gasteiger partial charge in [-0.15, -0.1) is 0 Å². The molecule has 2 aliphatic carbocycles. The average molecular weight is 827 g/mol. The summed E-state index contributed by atoms with van der Waals surface area (Å²) in [5, 5.41) is 7.68. The number of hydrogen-bond donors (Lipinski definition) is 4. The second-order valence-electron chi connectivity index (χ2n) is 17.8. The number of benzene rings is 3. The molecular formula is C47H54N8O6. The number of aromatic amines is 2. The van der Waals surface area contributed by atoms with Crippen LogP contribution in [0.2, 0.25) is 0 Å². The molecule has 0 radical (unpaired) electrons. The number of nitrogens with zero attached hydrogens (tertiary/aromatic N) is 4. The molecule has 14 nitrogen and oxygen atoms in total. The van der Waals surface area contributed by atoms with E-state index in [1.54, 1.807) is 0 Å². The number of aromatic nitrogens is 4. The number of carbonyl (C=O) groups excluding carboxylic acids is 4. The van der Waals surface area contributed by atoms with Crippen LogP contribution < -0.4 is 10.6 Å². The SMILES string of the molecule is CC[C@H](NC(=O)OC)C(=O)N1CC2(CC2)C[C@H]1c1ncc(-c2ccc3cc(-c4ccc(-c5cnc(C6C7CCC(C7)N6C(=O)[C@@H](NC(=O)OC)C(C)C)[nH]5)cc4)ccc3c2)[nH]1. The first kappa shape index (κ1) is 40.2. The molecule has 4 heterocycles. The lowest BCUT2D eigenvalue weighted by Gasteiger charge is -2.37. The van der Waals surface area contributed by atoms with Crippen molar-refractivity contribution < 1.29 is 28.7 Å². The van der Waals surface area contributed by atoms with Gasteiger partial charge in [-0.05, 0) is 102 Å². The molecule has 61 heavy (non-hydrogen) atoms. The van der Waals surface area contributed by atoms with Crippen molar-refractivity contribution in [3.8, 4) is 33.6 Å². The Labute approximate surface area is 355 Å². The summed E-state index contributed by atoms with van der Waals surface area (Å²) >= 11 is 0. The maximum Gasteiger partial charge on any atom is 0.407 e. The lowest BCUT2D eigenvalue weighted by molar-refractivity contribution is -0.139. The van der Waals surface area contributed by atoms with Crippen molar-refractivity contribution in [3.63, 3.8) is 0 Å². The number of fused-ring (bicyclic) bond motifs is 3. The van der Waals surface area contributed by atoms with Gasteiger partial charge in [0.2, 0.25) is 11.8 Å². The number of amides is 4. The molecule has 2 aliphatic heterocycles. The van der Waals surface area contributed by atoms with E-state index < -0.39 is 24.3 Å². The van der Waals surface area contributed by atoms with E-state index in [-0.39, 0.29) is 41.3 Å². The molecule has 9 rings (SSSR count). The van der Waals surface area contributed by atoms with Gasteiger partial charge in [-0.3, -0.25) is 9.59 Å². The number of methoxy groups -OCH3 is 2. The molecule has 14 heteroatoms. The largest absolute Gasteiger partial charge is 0.453 e. The maximum atomic E-state index is 14.0. The van der Waals surface area contributed by atoms with Crippen LogP contribution in [0.1, 0.15) is 89.4 Å². The molecular weight excluding hydrogens is 773 g/mol. The van der Waals surface area contributed by atoms with Crippen molar-refractivity contribution in [2.45, 2.75) is 95.9 Å². The van der Waals surface area contributed by atoms with Gasteiger partial charge in [-0.2, -0.15) is 0 Å². The Bertz CT molecular complexity index is 2470. The number of nitrogens with one attached hydrogen (secondary N) is 4. The highest BCUT2D eigenvalue weighted by atomic mass is 16.5. The molecule has 2 bridgehead atoms. The summed E-state index contributed by atoms with van der Waals surface area (Å²) in [5.74, 6) is 1.56. The number of hydrogen-bond acceptors (Lipinski definition) is 8. The van der Waals surface area contributed by atoms with Crippen molar-refractivity contribution in [1.82, 2.24) is 40.4 Å². The number of H-pyrrole nitrogens is 2. The van der Waals surface area contributed by atoms with Crippen molar-refractivity contribution in [2.24, 2.45) is 17.3 Å². The monoisotopic (exact) mass is 826 g/mol. The van der Waals surface area contributed by atoms with Crippen LogP contribution in [0.3, 0.4) is 0 Å². The van der Waals surface area contributed by atoms with Gasteiger partial charge in [0.1, 0.15) is 23.7 Å². The molecule has 318 valence electrons. The van der Waals surface area contributed by atoms with E-state index in [9.17, 15) is 19.2 Å². The van der Waals surface area contributed by atoms with Gasteiger partial charge in [0.25, 0.3) is 0 Å². The number of piperidine rings is 1. The molecule has 3 aromatic carbocycles. The molecule has 4 N–H and O–H groups in total. The van der Waals surface area contributed by atoms with Crippen molar-refractivity contribution in [1.29, 1.82) is 0 Å². The number of carbonyl (C=O) groups is 4. The molecule has 2 aromatic heterocycles. The van der Waals surface area contributed by atoms with Crippen LogP contribution in [0, 0.1) is 17.3 Å². The molecule has 2 saturated carbocycles. The fourth-order valence-corrected chi connectivity index (χ4v) is 10.0. The molecule has 4 amide bonds. The van der Waals surface area contributed by atoms with Crippen LogP contribution >= 0.6 is 0 Å². The van der Waals surface area contributed by atoms with Gasteiger partial charge in [0.15, 0.2) is 0 Å². The van der Waals surface area contributed by atoms with E-state index >= 15 is 0 Å². The van der Waals surface area contributed by atoms with Crippen molar-refractivity contribution in [3.05, 3.63) is 84.7 Å². The van der Waals surface area contributed by atoms with Crippen molar-refractivity contribution >= 4 is 34.8 Å². The number of imidazole rings is 2. The second-order valence-corrected chi connectivity index (χ2v) is 17.8. The lowest BCUT2D eigenvalue weighted by Crippen LogP contribution is -2.54. The minimum absolute atomic E-state index is 0.0905. The Kier molecular flexibility index (Phi) is 10.6. The van der Waals surface area contributed by atoms with Gasteiger partial charge in [-0.25, -0.2) is 19.6 Å². The third-order valence-electron chi connectivity index (χ3n) is 13.6. The summed E-state index contributed by atoms with van der Waals surface area (Å²) in [6.07, 6.45) is 8.91. The average Bonchev–Trinajstić information content (AvgIpc) is 3.91. The minimum Gasteiger partial charge on any atom is -0.453 e. The van der Waals surface area contributed by atoms with Crippen LogP contribution in [-0.2, 0) is 19.1 Å². The molecule has 5 aromatic rings. The fraction of sp³-hybridized carbons (Fsp3) is 0.447. The van der Waals surface area contributed by atoms with Crippen LogP contribution in [0.25, 0.3) is 44.4 Å². The topological polar surface area (TPSA) is 175 Å². The highest BCUT2D eigenvalue weighted by molar-refractivity contribution is 5.91. The first-order chi connectivity index (χ1) is 29.5. The number of alkyl carbamates (subject to hydrolysis) is 2. The molecule has 2 saturated heterocycles. The molecule has 1 spiro atoms. The summed E-state index contributed by atoms with van der Waals surface area (Å²) in [7, 11) is 2.61. The Balaban J connectivity index is 0.891. The predicted molar refractivity (Wildman–Crippen MR) is 230 cm³/mol. The first-order valence-electron chi connectivity index (χ1n) is 21.5. The van der Waals surface area contributed by atoms with Crippen LogP contribution in [0.15, 0.2) is 73.1 Å². The van der Waals surface area contributed by atoms with Crippen LogP contribution in [0.4, 0.5) is 9.59 Å². The second kappa shape index (κ2) is 16.0. The third-order valence-corrected chi connectivity index (χ3v) is 13.6. The Hall–Kier alpha value is -6.18. The zero-order valence-electron chi connectivity index (χ0n) is 35.4. The zero-order chi connectivity index (χ0) is 42.6. The predicted octanol–water partition coefficient (Wildman–Crippen LogP) is 7.91. The summed E-state index contributed by atoms with van der Waals surface area (Å²) in [6, 6.07) is 19.7. The van der Waals surface area contributed by atoms with E-state index in [1.807, 2.05) is 43.0 Å². The lowest BCUT2D eigenvalue weighted by atomic mass is 9.95. The minimum atomic E-state index is -0.680. The Morgan fingerprint density at radius 1 is 0.787 bits per heavy atom. The van der Waals surface area contributed by atoms with Gasteiger partial charge >= 0.3 is 12.2 Å². The quantitative estimate of drug-likeness (QED) is 0.104. The molecule has 3 unspecified atom stereocenters. The molecule has 6 atom stereocenters. The smallest absolute Gasteiger partial charge is 0.407 e. The summed E-state index contributed by atoms with van der Waals surface area (Å²) in [6.45, 7) is 6.41. The third kappa shape index (κ3) is 7.61. The zero-order valence-corrected chi connectivity index (χ0v) is 35.4. The highest BCUT2D eigenvalue weighted by Crippen LogP contribution is 2.58. The normalized spacial score (nSPS) is 22.1. The van der Waals surface area contributed by atoms with E-state index in [0.717, 1.165) is 94.6 Å². The van der Waals surface area contributed by atoms with Crippen LogP contribution in [0.5, 0.6) is 0 Å². The summed E-state index contributed by atoms with van der Waals surface area (Å²) in [5.41, 5.74) is 6.10. The van der Waals surface area contributed by atoms with E-state index in [1.165, 1.54) is 14.2 Å². The highest BCUT2D eigenvalue weighted by Gasteiger charge is 2.55. The number of ether oxygens (including phenoxy) is 2. The Morgan fingerprint density at radius 3 is 2.07 bits per heavy atom. The van der Waals surface area contributed by atoms with E-state index in [0.29, 0.717) is 18.9 Å². The molecule has 4 aliphatic rings. The number of rotatable bonds is 11.